The molecule has 0 saturated heterocycles. The fourth-order valence-corrected chi connectivity index (χ4v) is 2.67. The summed E-state index contributed by atoms with van der Waals surface area (Å²) in [5, 5.41) is 0. The van der Waals surface area contributed by atoms with Crippen molar-refractivity contribution >= 4 is 15.9 Å². The van der Waals surface area contributed by atoms with Crippen molar-refractivity contribution < 1.29 is 4.74 Å². The zero-order valence-electron chi connectivity index (χ0n) is 11.9. The third-order valence-corrected chi connectivity index (χ3v) is 3.99. The zero-order chi connectivity index (χ0) is 14.5. The van der Waals surface area contributed by atoms with Gasteiger partial charge in [-0.25, -0.2) is 0 Å². The van der Waals surface area contributed by atoms with E-state index in [4.69, 9.17) is 10.5 Å². The molecule has 0 heterocycles. The quantitative estimate of drug-likeness (QED) is 0.887. The standard InChI is InChI=1S/C17H20BrNO/c1-3-12-4-6-13(7-5-12)16(19)11-14-10-15(18)8-9-17(14)20-2/h4-10,16H,3,11,19H2,1-2H3. The van der Waals surface area contributed by atoms with E-state index >= 15 is 0 Å². The summed E-state index contributed by atoms with van der Waals surface area (Å²) in [6, 6.07) is 14.5. The molecular formula is C17H20BrNO. The van der Waals surface area contributed by atoms with Crippen LogP contribution in [0.2, 0.25) is 0 Å². The van der Waals surface area contributed by atoms with E-state index in [1.54, 1.807) is 7.11 Å². The Morgan fingerprint density at radius 2 is 1.85 bits per heavy atom. The second kappa shape index (κ2) is 6.91. The predicted octanol–water partition coefficient (Wildman–Crippen LogP) is 4.26. The number of rotatable bonds is 5. The van der Waals surface area contributed by atoms with Gasteiger partial charge in [0, 0.05) is 10.5 Å². The van der Waals surface area contributed by atoms with E-state index in [-0.39, 0.29) is 6.04 Å². The molecule has 0 amide bonds. The Bertz CT molecular complexity index is 566. The van der Waals surface area contributed by atoms with Gasteiger partial charge in [0.25, 0.3) is 0 Å². The smallest absolute Gasteiger partial charge is 0.122 e. The van der Waals surface area contributed by atoms with Crippen LogP contribution in [0.15, 0.2) is 46.9 Å². The zero-order valence-corrected chi connectivity index (χ0v) is 13.5. The highest BCUT2D eigenvalue weighted by molar-refractivity contribution is 9.10. The van der Waals surface area contributed by atoms with Crippen molar-refractivity contribution in [2.45, 2.75) is 25.8 Å². The molecule has 2 nitrogen and oxygen atoms in total. The molecule has 0 fully saturated rings. The second-order valence-corrected chi connectivity index (χ2v) is 5.78. The third kappa shape index (κ3) is 3.62. The van der Waals surface area contributed by atoms with Crippen molar-refractivity contribution in [3.05, 3.63) is 63.6 Å². The molecule has 0 aliphatic heterocycles. The van der Waals surface area contributed by atoms with Crippen LogP contribution in [0.25, 0.3) is 0 Å². The summed E-state index contributed by atoms with van der Waals surface area (Å²) in [6.45, 7) is 2.15. The van der Waals surface area contributed by atoms with E-state index < -0.39 is 0 Å². The minimum atomic E-state index is -0.0240. The Hall–Kier alpha value is -1.32. The number of ether oxygens (including phenoxy) is 1. The maximum Gasteiger partial charge on any atom is 0.122 e. The van der Waals surface area contributed by atoms with E-state index in [9.17, 15) is 0 Å². The van der Waals surface area contributed by atoms with Crippen molar-refractivity contribution in [2.75, 3.05) is 7.11 Å². The molecule has 2 aromatic carbocycles. The molecule has 106 valence electrons. The molecule has 2 rings (SSSR count). The monoisotopic (exact) mass is 333 g/mol. The first-order valence-electron chi connectivity index (χ1n) is 6.81. The molecule has 1 unspecified atom stereocenters. The van der Waals surface area contributed by atoms with Gasteiger partial charge >= 0.3 is 0 Å². The van der Waals surface area contributed by atoms with Gasteiger partial charge in [-0.05, 0) is 47.7 Å². The Labute approximate surface area is 129 Å². The van der Waals surface area contributed by atoms with E-state index in [0.29, 0.717) is 0 Å². The Morgan fingerprint density at radius 3 is 2.45 bits per heavy atom. The molecule has 0 aliphatic carbocycles. The number of hydrogen-bond donors (Lipinski definition) is 1. The van der Waals surface area contributed by atoms with Crippen LogP contribution in [-0.4, -0.2) is 7.11 Å². The molecule has 2 aromatic rings. The van der Waals surface area contributed by atoms with E-state index in [1.165, 1.54) is 5.56 Å². The van der Waals surface area contributed by atoms with Crippen molar-refractivity contribution in [1.29, 1.82) is 0 Å². The van der Waals surface area contributed by atoms with E-state index in [1.807, 2.05) is 12.1 Å². The Kier molecular flexibility index (Phi) is 5.21. The van der Waals surface area contributed by atoms with Gasteiger partial charge in [0.1, 0.15) is 5.75 Å². The summed E-state index contributed by atoms with van der Waals surface area (Å²) in [5.41, 5.74) is 9.93. The van der Waals surface area contributed by atoms with E-state index in [2.05, 4.69) is 53.2 Å². The summed E-state index contributed by atoms with van der Waals surface area (Å²) >= 11 is 3.49. The molecular weight excluding hydrogens is 314 g/mol. The molecule has 0 aromatic heterocycles. The first kappa shape index (κ1) is 15.1. The average molecular weight is 334 g/mol. The molecule has 0 aliphatic rings. The lowest BCUT2D eigenvalue weighted by molar-refractivity contribution is 0.408. The number of methoxy groups -OCH3 is 1. The van der Waals surface area contributed by atoms with Gasteiger partial charge in [0.15, 0.2) is 0 Å². The summed E-state index contributed by atoms with van der Waals surface area (Å²) in [4.78, 5) is 0. The molecule has 2 N–H and O–H groups in total. The predicted molar refractivity (Wildman–Crippen MR) is 87.1 cm³/mol. The fraction of sp³-hybridized carbons (Fsp3) is 0.294. The van der Waals surface area contributed by atoms with Gasteiger partial charge in [-0.3, -0.25) is 0 Å². The van der Waals surface area contributed by atoms with Gasteiger partial charge < -0.3 is 10.5 Å². The van der Waals surface area contributed by atoms with Crippen LogP contribution in [0.3, 0.4) is 0 Å². The number of aryl methyl sites for hydroxylation is 1. The highest BCUT2D eigenvalue weighted by Crippen LogP contribution is 2.27. The minimum Gasteiger partial charge on any atom is -0.496 e. The number of benzene rings is 2. The van der Waals surface area contributed by atoms with Crippen LogP contribution in [0.4, 0.5) is 0 Å². The molecule has 1 atom stereocenters. The van der Waals surface area contributed by atoms with Crippen LogP contribution >= 0.6 is 15.9 Å². The number of hydrogen-bond acceptors (Lipinski definition) is 2. The summed E-state index contributed by atoms with van der Waals surface area (Å²) in [6.07, 6.45) is 1.81. The highest BCUT2D eigenvalue weighted by Gasteiger charge is 2.11. The Balaban J connectivity index is 2.17. The summed E-state index contributed by atoms with van der Waals surface area (Å²) in [5.74, 6) is 0.883. The SMILES string of the molecule is CCc1ccc(C(N)Cc2cc(Br)ccc2OC)cc1. The maximum absolute atomic E-state index is 6.32. The first-order chi connectivity index (χ1) is 9.63. The molecule has 0 spiro atoms. The minimum absolute atomic E-state index is 0.0240. The lowest BCUT2D eigenvalue weighted by Crippen LogP contribution is -2.14. The van der Waals surface area contributed by atoms with Crippen LogP contribution in [0, 0.1) is 0 Å². The van der Waals surface area contributed by atoms with Crippen molar-refractivity contribution in [1.82, 2.24) is 0 Å². The Morgan fingerprint density at radius 1 is 1.15 bits per heavy atom. The molecule has 0 radical (unpaired) electrons. The van der Waals surface area contributed by atoms with Gasteiger partial charge in [0.2, 0.25) is 0 Å². The maximum atomic E-state index is 6.32. The van der Waals surface area contributed by atoms with Crippen molar-refractivity contribution in [3.63, 3.8) is 0 Å². The van der Waals surface area contributed by atoms with Crippen LogP contribution in [0.5, 0.6) is 5.75 Å². The normalized spacial score (nSPS) is 12.2. The molecule has 20 heavy (non-hydrogen) atoms. The van der Waals surface area contributed by atoms with Crippen LogP contribution in [-0.2, 0) is 12.8 Å². The third-order valence-electron chi connectivity index (χ3n) is 3.50. The van der Waals surface area contributed by atoms with Crippen LogP contribution in [0.1, 0.15) is 29.7 Å². The lowest BCUT2D eigenvalue weighted by Gasteiger charge is -2.15. The number of halogens is 1. The first-order valence-corrected chi connectivity index (χ1v) is 7.60. The lowest BCUT2D eigenvalue weighted by atomic mass is 9.98. The number of nitrogens with two attached hydrogens (primary N) is 1. The van der Waals surface area contributed by atoms with Crippen molar-refractivity contribution in [3.8, 4) is 5.75 Å². The highest BCUT2D eigenvalue weighted by atomic mass is 79.9. The largest absolute Gasteiger partial charge is 0.496 e. The molecule has 0 bridgehead atoms. The fourth-order valence-electron chi connectivity index (χ4n) is 2.26. The van der Waals surface area contributed by atoms with E-state index in [0.717, 1.165) is 34.2 Å². The summed E-state index contributed by atoms with van der Waals surface area (Å²) < 4.78 is 6.44. The van der Waals surface area contributed by atoms with Gasteiger partial charge in [-0.15, -0.1) is 0 Å². The van der Waals surface area contributed by atoms with Gasteiger partial charge in [-0.2, -0.15) is 0 Å². The van der Waals surface area contributed by atoms with Crippen LogP contribution < -0.4 is 10.5 Å². The van der Waals surface area contributed by atoms with Gasteiger partial charge in [-0.1, -0.05) is 47.1 Å². The average Bonchev–Trinajstić information content (AvgIpc) is 2.47. The topological polar surface area (TPSA) is 35.2 Å². The van der Waals surface area contributed by atoms with Crippen molar-refractivity contribution in [2.24, 2.45) is 5.73 Å². The second-order valence-electron chi connectivity index (χ2n) is 4.86. The molecule has 3 heteroatoms. The summed E-state index contributed by atoms with van der Waals surface area (Å²) in [7, 11) is 1.69. The van der Waals surface area contributed by atoms with Gasteiger partial charge in [0.05, 0.1) is 7.11 Å². The molecule has 0 saturated carbocycles.